The van der Waals surface area contributed by atoms with Crippen LogP contribution in [0.1, 0.15) is 0 Å². The highest BCUT2D eigenvalue weighted by molar-refractivity contribution is 6.24. The van der Waals surface area contributed by atoms with Crippen molar-refractivity contribution in [1.29, 1.82) is 0 Å². The summed E-state index contributed by atoms with van der Waals surface area (Å²) in [6, 6.07) is 72.1. The van der Waals surface area contributed by atoms with Crippen LogP contribution in [0.25, 0.3) is 77.1 Å². The minimum Gasteiger partial charge on any atom is -0.355 e. The summed E-state index contributed by atoms with van der Waals surface area (Å²) in [4.78, 5) is 5.97. The van der Waals surface area contributed by atoms with E-state index in [9.17, 15) is 0 Å². The Hall–Kier alpha value is -7.30. The van der Waals surface area contributed by atoms with Gasteiger partial charge in [-0.1, -0.05) is 109 Å². The molecule has 54 heavy (non-hydrogen) atoms. The third-order valence-electron chi connectivity index (χ3n) is 10.8. The van der Waals surface area contributed by atoms with E-state index in [0.29, 0.717) is 0 Å². The van der Waals surface area contributed by atoms with Gasteiger partial charge in [0.05, 0.1) is 22.1 Å². The second-order valence-corrected chi connectivity index (χ2v) is 13.9. The zero-order valence-corrected chi connectivity index (χ0v) is 29.4. The summed E-state index contributed by atoms with van der Waals surface area (Å²) in [5, 5.41) is 4.87. The van der Waals surface area contributed by atoms with Crippen LogP contribution in [0.15, 0.2) is 200 Å². The lowest BCUT2D eigenvalue weighted by atomic mass is 9.99. The van der Waals surface area contributed by atoms with Crippen LogP contribution in [-0.2, 0) is 0 Å². The number of aromatic nitrogens is 3. The molecule has 0 saturated heterocycles. The number of aromatic amines is 1. The van der Waals surface area contributed by atoms with Crippen molar-refractivity contribution in [2.75, 3.05) is 4.90 Å². The Morgan fingerprint density at radius 3 is 1.65 bits per heavy atom. The van der Waals surface area contributed by atoms with Gasteiger partial charge in [0, 0.05) is 61.0 Å². The number of fused-ring (bicyclic) bond motifs is 8. The van der Waals surface area contributed by atoms with Crippen molar-refractivity contribution in [3.63, 3.8) is 0 Å². The van der Waals surface area contributed by atoms with Crippen LogP contribution in [0.3, 0.4) is 0 Å². The summed E-state index contributed by atoms with van der Waals surface area (Å²) in [5.41, 5.74) is 15.0. The summed E-state index contributed by atoms with van der Waals surface area (Å²) in [7, 11) is 0. The van der Waals surface area contributed by atoms with Crippen LogP contribution in [0.5, 0.6) is 0 Å². The molecule has 0 radical (unpaired) electrons. The number of hydrogen-bond acceptors (Lipinski definition) is 1. The molecule has 0 bridgehead atoms. The average Bonchev–Trinajstić information content (AvgIpc) is 3.89. The fraction of sp³-hybridized carbons (Fsp3) is 0. The van der Waals surface area contributed by atoms with E-state index in [4.69, 9.17) is 0 Å². The van der Waals surface area contributed by atoms with Gasteiger partial charge in [0.2, 0.25) is 0 Å². The lowest BCUT2D eigenvalue weighted by Gasteiger charge is -2.25. The molecule has 11 rings (SSSR count). The van der Waals surface area contributed by atoms with Gasteiger partial charge < -0.3 is 19.0 Å². The zero-order chi connectivity index (χ0) is 35.6. The molecular formula is C50H34N4. The molecule has 4 nitrogen and oxygen atoms in total. The number of hydrogen-bond donors (Lipinski definition) is 1. The molecule has 0 fully saturated rings. The predicted molar refractivity (Wildman–Crippen MR) is 227 cm³/mol. The first-order valence-electron chi connectivity index (χ1n) is 18.5. The number of benzene rings is 8. The quantitative estimate of drug-likeness (QED) is 0.185. The van der Waals surface area contributed by atoms with Crippen LogP contribution in [0.4, 0.5) is 17.1 Å². The normalized spacial score (nSPS) is 11.7. The van der Waals surface area contributed by atoms with Crippen molar-refractivity contribution in [2.45, 2.75) is 0 Å². The molecule has 1 N–H and O–H groups in total. The van der Waals surface area contributed by atoms with Crippen molar-refractivity contribution >= 4 is 71.7 Å². The van der Waals surface area contributed by atoms with E-state index in [1.807, 2.05) is 0 Å². The Morgan fingerprint density at radius 2 is 0.963 bits per heavy atom. The lowest BCUT2D eigenvalue weighted by Crippen LogP contribution is -2.09. The first-order chi connectivity index (χ1) is 26.8. The minimum atomic E-state index is 1.10. The molecule has 0 saturated carbocycles. The standard InChI is InChI=1S/C50H34N4/c1-5-16-35(17-6-1)52(36-18-7-2-8-19-36)39-29-31-46-43(33-39)49-50(53(46)37-20-9-3-10-21-37)48-40(25-15-27-47(48)54(49)38-22-11-4-12-23-38)34-28-30-45-42(32-34)41-24-13-14-26-44(41)51-45/h1-33,51H. The number of rotatable bonds is 6. The first kappa shape index (κ1) is 30.3. The van der Waals surface area contributed by atoms with Crippen LogP contribution in [0, 0.1) is 0 Å². The van der Waals surface area contributed by atoms with E-state index in [1.54, 1.807) is 0 Å². The van der Waals surface area contributed by atoms with E-state index >= 15 is 0 Å². The molecule has 3 aromatic heterocycles. The maximum absolute atomic E-state index is 3.62. The summed E-state index contributed by atoms with van der Waals surface area (Å²) in [5.74, 6) is 0. The van der Waals surface area contributed by atoms with Crippen LogP contribution < -0.4 is 4.90 Å². The predicted octanol–water partition coefficient (Wildman–Crippen LogP) is 13.5. The fourth-order valence-corrected chi connectivity index (χ4v) is 8.50. The number of nitrogens with zero attached hydrogens (tertiary/aromatic N) is 3. The van der Waals surface area contributed by atoms with Crippen molar-refractivity contribution < 1.29 is 0 Å². The molecular weight excluding hydrogens is 657 g/mol. The van der Waals surface area contributed by atoms with E-state index in [0.717, 1.165) is 45.0 Å². The van der Waals surface area contributed by atoms with Gasteiger partial charge in [-0.15, -0.1) is 0 Å². The Balaban J connectivity index is 1.28. The lowest BCUT2D eigenvalue weighted by molar-refractivity contribution is 1.17. The monoisotopic (exact) mass is 690 g/mol. The van der Waals surface area contributed by atoms with Crippen LogP contribution >= 0.6 is 0 Å². The van der Waals surface area contributed by atoms with E-state index in [-0.39, 0.29) is 0 Å². The molecule has 0 aliphatic rings. The number of H-pyrrole nitrogens is 1. The highest BCUT2D eigenvalue weighted by atomic mass is 15.1. The van der Waals surface area contributed by atoms with Crippen molar-refractivity contribution in [3.8, 4) is 22.5 Å². The zero-order valence-electron chi connectivity index (χ0n) is 29.4. The van der Waals surface area contributed by atoms with Gasteiger partial charge in [-0.3, -0.25) is 0 Å². The molecule has 0 atom stereocenters. The highest BCUT2D eigenvalue weighted by Crippen LogP contribution is 2.46. The molecule has 0 aliphatic carbocycles. The van der Waals surface area contributed by atoms with Gasteiger partial charge in [-0.25, -0.2) is 0 Å². The molecule has 11 aromatic rings. The van der Waals surface area contributed by atoms with E-state index in [1.165, 1.54) is 49.2 Å². The number of nitrogens with one attached hydrogen (secondary N) is 1. The molecule has 0 spiro atoms. The average molecular weight is 691 g/mol. The van der Waals surface area contributed by atoms with Gasteiger partial charge in [-0.05, 0) is 102 Å². The summed E-state index contributed by atoms with van der Waals surface area (Å²) < 4.78 is 4.94. The number of anilines is 3. The second kappa shape index (κ2) is 12.1. The molecule has 3 heterocycles. The largest absolute Gasteiger partial charge is 0.355 e. The van der Waals surface area contributed by atoms with Crippen molar-refractivity contribution in [1.82, 2.24) is 14.1 Å². The van der Waals surface area contributed by atoms with Crippen LogP contribution in [0.2, 0.25) is 0 Å². The molecule has 8 aromatic carbocycles. The SMILES string of the molecule is c1ccc(N(c2ccccc2)c2ccc3c(c2)c2c(c4c(-c5ccc6[nH]c7ccccc7c6c5)cccc4n2-c2ccccc2)n3-c2ccccc2)cc1. The van der Waals surface area contributed by atoms with Gasteiger partial charge in [-0.2, -0.15) is 0 Å². The smallest absolute Gasteiger partial charge is 0.0810 e. The summed E-state index contributed by atoms with van der Waals surface area (Å²) in [6.07, 6.45) is 0. The molecule has 254 valence electrons. The minimum absolute atomic E-state index is 1.10. The third kappa shape index (κ3) is 4.64. The molecule has 0 aliphatic heterocycles. The molecule has 0 unspecified atom stereocenters. The van der Waals surface area contributed by atoms with Crippen LogP contribution in [-0.4, -0.2) is 14.1 Å². The van der Waals surface area contributed by atoms with Gasteiger partial charge >= 0.3 is 0 Å². The van der Waals surface area contributed by atoms with Crippen molar-refractivity contribution in [2.24, 2.45) is 0 Å². The molecule has 0 amide bonds. The fourth-order valence-electron chi connectivity index (χ4n) is 8.50. The Morgan fingerprint density at radius 1 is 0.370 bits per heavy atom. The van der Waals surface area contributed by atoms with E-state index in [2.05, 4.69) is 219 Å². The Labute approximate surface area is 312 Å². The Bertz CT molecular complexity index is 3060. The first-order valence-corrected chi connectivity index (χ1v) is 18.5. The maximum Gasteiger partial charge on any atom is 0.0810 e. The summed E-state index contributed by atoms with van der Waals surface area (Å²) in [6.45, 7) is 0. The maximum atomic E-state index is 3.62. The van der Waals surface area contributed by atoms with Crippen molar-refractivity contribution in [3.05, 3.63) is 200 Å². The molecule has 4 heteroatoms. The Kier molecular flexibility index (Phi) is 6.82. The van der Waals surface area contributed by atoms with Gasteiger partial charge in [0.1, 0.15) is 0 Å². The number of para-hydroxylation sites is 5. The van der Waals surface area contributed by atoms with E-state index < -0.39 is 0 Å². The topological polar surface area (TPSA) is 28.9 Å². The summed E-state index contributed by atoms with van der Waals surface area (Å²) >= 11 is 0. The highest BCUT2D eigenvalue weighted by Gasteiger charge is 2.25. The third-order valence-corrected chi connectivity index (χ3v) is 10.8. The second-order valence-electron chi connectivity index (χ2n) is 13.9. The van der Waals surface area contributed by atoms with Gasteiger partial charge in [0.25, 0.3) is 0 Å². The van der Waals surface area contributed by atoms with Gasteiger partial charge in [0.15, 0.2) is 0 Å².